The van der Waals surface area contributed by atoms with Crippen LogP contribution < -0.4 is 15.7 Å². The van der Waals surface area contributed by atoms with Crippen LogP contribution in [0.4, 0.5) is 0 Å². The van der Waals surface area contributed by atoms with Crippen LogP contribution in [0, 0.1) is 0 Å². The van der Waals surface area contributed by atoms with Gasteiger partial charge in [-0.05, 0) is 24.1 Å². The van der Waals surface area contributed by atoms with Crippen molar-refractivity contribution in [2.75, 3.05) is 6.61 Å². The average Bonchev–Trinajstić information content (AvgIpc) is 3.23. The van der Waals surface area contributed by atoms with E-state index in [0.717, 1.165) is 24.3 Å². The summed E-state index contributed by atoms with van der Waals surface area (Å²) in [6, 6.07) is 8.08. The molecule has 0 bridgehead atoms. The van der Waals surface area contributed by atoms with Gasteiger partial charge in [0.1, 0.15) is 5.75 Å². The van der Waals surface area contributed by atoms with Crippen LogP contribution in [0.25, 0.3) is 0 Å². The lowest BCUT2D eigenvalue weighted by molar-refractivity contribution is 0.304. The molecule has 2 N–H and O–H groups in total. The van der Waals surface area contributed by atoms with Gasteiger partial charge in [-0.3, -0.25) is 0 Å². The van der Waals surface area contributed by atoms with Gasteiger partial charge in [-0.2, -0.15) is 5.43 Å². The van der Waals surface area contributed by atoms with Crippen LogP contribution in [0.15, 0.2) is 34.6 Å². The molecule has 1 atom stereocenters. The first-order valence-corrected chi connectivity index (χ1v) is 11.0. The Hall–Kier alpha value is -1.62. The second kappa shape index (κ2) is 14.4. The molecule has 0 aromatic heterocycles. The minimum Gasteiger partial charge on any atom is -0.494 e. The summed E-state index contributed by atoms with van der Waals surface area (Å²) in [6.45, 7) is 3.09. The Morgan fingerprint density at radius 2 is 1.33 bits per heavy atom. The van der Waals surface area contributed by atoms with Gasteiger partial charge in [-0.25, -0.2) is 5.53 Å². The minimum atomic E-state index is -0.0971. The molecule has 152 valence electrons. The lowest BCUT2D eigenvalue weighted by atomic mass is 10.0. The van der Waals surface area contributed by atoms with E-state index < -0.39 is 0 Å². The van der Waals surface area contributed by atoms with Gasteiger partial charge < -0.3 is 4.74 Å². The number of nitrogens with one attached hydrogen (secondary N) is 2. The molecule has 0 saturated carbocycles. The summed E-state index contributed by atoms with van der Waals surface area (Å²) in [7, 11) is 0. The molecule has 2 rings (SSSR count). The maximum absolute atomic E-state index is 5.83. The first kappa shape index (κ1) is 21.7. The van der Waals surface area contributed by atoms with Crippen molar-refractivity contribution < 1.29 is 4.74 Å². The zero-order chi connectivity index (χ0) is 19.0. The molecule has 0 radical (unpaired) electrons. The predicted molar refractivity (Wildman–Crippen MR) is 112 cm³/mol. The van der Waals surface area contributed by atoms with E-state index >= 15 is 0 Å². The van der Waals surface area contributed by atoms with E-state index in [9.17, 15) is 0 Å². The van der Waals surface area contributed by atoms with Crippen molar-refractivity contribution in [1.29, 1.82) is 0 Å². The first-order chi connectivity index (χ1) is 13.4. The number of hydrogen-bond acceptors (Lipinski definition) is 5. The van der Waals surface area contributed by atoms with E-state index in [1.807, 2.05) is 24.3 Å². The zero-order valence-electron chi connectivity index (χ0n) is 17.1. The Morgan fingerprint density at radius 3 is 1.85 bits per heavy atom. The molecule has 0 fully saturated rings. The number of hydrogen-bond donors (Lipinski definition) is 2. The number of hydrazine groups is 1. The van der Waals surface area contributed by atoms with E-state index in [1.165, 1.54) is 77.0 Å². The Bertz CT molecular complexity index is 504. The number of nitrogens with zero attached hydrogens (tertiary/aromatic N) is 2. The molecule has 1 aliphatic heterocycles. The van der Waals surface area contributed by atoms with Crippen LogP contribution in [0.3, 0.4) is 0 Å². The molecule has 0 aliphatic carbocycles. The van der Waals surface area contributed by atoms with Crippen molar-refractivity contribution in [3.8, 4) is 5.75 Å². The van der Waals surface area contributed by atoms with Crippen molar-refractivity contribution in [3.63, 3.8) is 0 Å². The van der Waals surface area contributed by atoms with Gasteiger partial charge in [0, 0.05) is 0 Å². The lowest BCUT2D eigenvalue weighted by Crippen LogP contribution is -2.23. The molecule has 1 unspecified atom stereocenters. The predicted octanol–water partition coefficient (Wildman–Crippen LogP) is 6.63. The molecule has 5 heteroatoms. The second-order valence-corrected chi connectivity index (χ2v) is 7.53. The first-order valence-electron chi connectivity index (χ1n) is 11.0. The highest BCUT2D eigenvalue weighted by molar-refractivity contribution is 5.29. The summed E-state index contributed by atoms with van der Waals surface area (Å²) in [6.07, 6.45) is 17.8. The van der Waals surface area contributed by atoms with Crippen LogP contribution in [0.5, 0.6) is 5.75 Å². The fourth-order valence-corrected chi connectivity index (χ4v) is 3.41. The van der Waals surface area contributed by atoms with Crippen molar-refractivity contribution in [2.24, 2.45) is 10.3 Å². The molecule has 0 saturated heterocycles. The Labute approximate surface area is 165 Å². The summed E-state index contributed by atoms with van der Waals surface area (Å²) < 4.78 is 5.83. The average molecular weight is 375 g/mol. The molecule has 0 amide bonds. The van der Waals surface area contributed by atoms with Crippen LogP contribution >= 0.6 is 0 Å². The maximum atomic E-state index is 5.83. The fourth-order valence-electron chi connectivity index (χ4n) is 3.41. The second-order valence-electron chi connectivity index (χ2n) is 7.53. The summed E-state index contributed by atoms with van der Waals surface area (Å²) in [5.41, 5.74) is 6.69. The highest BCUT2D eigenvalue weighted by Crippen LogP contribution is 2.20. The van der Waals surface area contributed by atoms with Gasteiger partial charge in [-0.1, -0.05) is 101 Å². The van der Waals surface area contributed by atoms with Crippen molar-refractivity contribution in [3.05, 3.63) is 29.8 Å². The standard InChI is InChI=1S/C22H38N4O/c1-2-3-4-5-6-7-8-9-10-11-12-13-14-19-27-21-17-15-20(16-18-21)22-23-25-26-24-22/h15-18,22H,2-14,19H2,1H3,(H,23,26)(H,24,25). The molecule has 27 heavy (non-hydrogen) atoms. The normalized spacial score (nSPS) is 15.8. The zero-order valence-corrected chi connectivity index (χ0v) is 17.1. The lowest BCUT2D eigenvalue weighted by Gasteiger charge is -2.09. The van der Waals surface area contributed by atoms with Gasteiger partial charge in [0.15, 0.2) is 6.17 Å². The molecule has 5 nitrogen and oxygen atoms in total. The molecular weight excluding hydrogens is 336 g/mol. The SMILES string of the molecule is CCCCCCCCCCCCCCCOc1ccc(C2N=NNN2)cc1. The van der Waals surface area contributed by atoms with E-state index in [0.29, 0.717) is 0 Å². The number of benzene rings is 1. The number of rotatable bonds is 16. The van der Waals surface area contributed by atoms with Crippen molar-refractivity contribution >= 4 is 0 Å². The third-order valence-corrected chi connectivity index (χ3v) is 5.14. The van der Waals surface area contributed by atoms with Gasteiger partial charge in [0.25, 0.3) is 0 Å². The van der Waals surface area contributed by atoms with E-state index in [1.54, 1.807) is 0 Å². The van der Waals surface area contributed by atoms with Gasteiger partial charge in [-0.15, -0.1) is 5.11 Å². The Morgan fingerprint density at radius 1 is 0.778 bits per heavy atom. The fraction of sp³-hybridized carbons (Fsp3) is 0.727. The van der Waals surface area contributed by atoms with Gasteiger partial charge >= 0.3 is 0 Å². The van der Waals surface area contributed by atoms with Crippen LogP contribution in [0.2, 0.25) is 0 Å². The highest BCUT2D eigenvalue weighted by atomic mass is 16.5. The van der Waals surface area contributed by atoms with Crippen LogP contribution in [-0.2, 0) is 0 Å². The molecule has 1 heterocycles. The minimum absolute atomic E-state index is 0.0971. The van der Waals surface area contributed by atoms with Gasteiger partial charge in [0.05, 0.1) is 6.61 Å². The molecule has 1 aliphatic rings. The molecule has 1 aromatic carbocycles. The van der Waals surface area contributed by atoms with E-state index in [2.05, 4.69) is 28.2 Å². The topological polar surface area (TPSA) is 58.0 Å². The molecule has 1 aromatic rings. The maximum Gasteiger partial charge on any atom is 0.166 e. The van der Waals surface area contributed by atoms with Crippen molar-refractivity contribution in [2.45, 2.75) is 96.6 Å². The summed E-state index contributed by atoms with van der Waals surface area (Å²) in [5.74, 6) is 0.931. The van der Waals surface area contributed by atoms with Crippen LogP contribution in [0.1, 0.15) is 102 Å². The Balaban J connectivity index is 1.37. The highest BCUT2D eigenvalue weighted by Gasteiger charge is 2.12. The molecule has 0 spiro atoms. The largest absolute Gasteiger partial charge is 0.494 e. The van der Waals surface area contributed by atoms with Crippen molar-refractivity contribution in [1.82, 2.24) is 11.0 Å². The summed E-state index contributed by atoms with van der Waals surface area (Å²) in [5, 5.41) is 7.76. The molecular formula is C22H38N4O. The number of ether oxygens (including phenoxy) is 1. The van der Waals surface area contributed by atoms with Crippen LogP contribution in [-0.4, -0.2) is 6.61 Å². The third-order valence-electron chi connectivity index (χ3n) is 5.14. The summed E-state index contributed by atoms with van der Waals surface area (Å²) >= 11 is 0. The smallest absolute Gasteiger partial charge is 0.166 e. The van der Waals surface area contributed by atoms with E-state index in [4.69, 9.17) is 4.74 Å². The van der Waals surface area contributed by atoms with E-state index in [-0.39, 0.29) is 6.17 Å². The van der Waals surface area contributed by atoms with Gasteiger partial charge in [0.2, 0.25) is 0 Å². The monoisotopic (exact) mass is 374 g/mol. The third kappa shape index (κ3) is 9.76. The number of unbranched alkanes of at least 4 members (excludes halogenated alkanes) is 12. The summed E-state index contributed by atoms with van der Waals surface area (Å²) in [4.78, 5) is 0. The quantitative estimate of drug-likeness (QED) is 0.319. The Kier molecular flexibility index (Phi) is 11.6.